The minimum absolute atomic E-state index is 0.116. The second-order valence-electron chi connectivity index (χ2n) is 5.22. The molecule has 1 aliphatic rings. The number of nitrogens with zero attached hydrogens (tertiary/aromatic N) is 4. The Hall–Kier alpha value is -1.80. The van der Waals surface area contributed by atoms with Crippen LogP contribution in [0.2, 0.25) is 0 Å². The molecule has 2 aromatic rings. The van der Waals surface area contributed by atoms with Crippen LogP contribution in [0.15, 0.2) is 21.9 Å². The van der Waals surface area contributed by atoms with E-state index in [1.807, 2.05) is 29.4 Å². The van der Waals surface area contributed by atoms with Gasteiger partial charge in [0.1, 0.15) is 5.76 Å². The van der Waals surface area contributed by atoms with Gasteiger partial charge in [0.2, 0.25) is 5.91 Å². The van der Waals surface area contributed by atoms with E-state index in [1.54, 1.807) is 6.26 Å². The van der Waals surface area contributed by atoms with Gasteiger partial charge >= 0.3 is 0 Å². The highest BCUT2D eigenvalue weighted by atomic mass is 32.2. The van der Waals surface area contributed by atoms with Crippen LogP contribution in [0.1, 0.15) is 12.7 Å². The standard InChI is InChI=1S/C15H20N4O3S/c1-3-19-14(12-4-7-22-11(12)2)16-17-15(19)23-10-13(20)18-5-8-21-9-6-18/h4,7H,3,5-6,8-10H2,1-2H3. The lowest BCUT2D eigenvalue weighted by Crippen LogP contribution is -2.41. The molecule has 1 amide bonds. The Labute approximate surface area is 139 Å². The number of aryl methyl sites for hydroxylation is 1. The highest BCUT2D eigenvalue weighted by Crippen LogP contribution is 2.27. The molecule has 8 heteroatoms. The molecule has 1 aliphatic heterocycles. The normalized spacial score (nSPS) is 15.1. The van der Waals surface area contributed by atoms with E-state index in [-0.39, 0.29) is 5.91 Å². The molecular weight excluding hydrogens is 316 g/mol. The van der Waals surface area contributed by atoms with Crippen molar-refractivity contribution in [3.63, 3.8) is 0 Å². The van der Waals surface area contributed by atoms with E-state index in [0.717, 1.165) is 28.8 Å². The van der Waals surface area contributed by atoms with Crippen molar-refractivity contribution in [2.45, 2.75) is 25.5 Å². The average molecular weight is 336 g/mol. The molecule has 0 bridgehead atoms. The summed E-state index contributed by atoms with van der Waals surface area (Å²) in [4.78, 5) is 14.1. The number of furan rings is 1. The molecule has 124 valence electrons. The van der Waals surface area contributed by atoms with Gasteiger partial charge in [0.15, 0.2) is 11.0 Å². The van der Waals surface area contributed by atoms with Gasteiger partial charge < -0.3 is 18.6 Å². The van der Waals surface area contributed by atoms with Crippen LogP contribution in [-0.2, 0) is 16.1 Å². The summed E-state index contributed by atoms with van der Waals surface area (Å²) in [6, 6.07) is 1.89. The summed E-state index contributed by atoms with van der Waals surface area (Å²) < 4.78 is 12.6. The zero-order chi connectivity index (χ0) is 16.2. The molecule has 0 radical (unpaired) electrons. The maximum Gasteiger partial charge on any atom is 0.233 e. The van der Waals surface area contributed by atoms with Gasteiger partial charge in [-0.2, -0.15) is 0 Å². The smallest absolute Gasteiger partial charge is 0.233 e. The number of carbonyl (C=O) groups is 1. The number of amides is 1. The van der Waals surface area contributed by atoms with E-state index in [1.165, 1.54) is 11.8 Å². The van der Waals surface area contributed by atoms with E-state index in [9.17, 15) is 4.79 Å². The molecule has 0 spiro atoms. The number of rotatable bonds is 5. The van der Waals surface area contributed by atoms with Crippen LogP contribution in [-0.4, -0.2) is 57.6 Å². The molecule has 3 rings (SSSR count). The Morgan fingerprint density at radius 1 is 1.35 bits per heavy atom. The largest absolute Gasteiger partial charge is 0.469 e. The van der Waals surface area contributed by atoms with Crippen LogP contribution in [0.3, 0.4) is 0 Å². The molecule has 0 N–H and O–H groups in total. The van der Waals surface area contributed by atoms with Crippen molar-refractivity contribution in [1.29, 1.82) is 0 Å². The Kier molecular flexibility index (Phi) is 5.02. The van der Waals surface area contributed by atoms with Crippen LogP contribution in [0.4, 0.5) is 0 Å². The molecule has 0 atom stereocenters. The van der Waals surface area contributed by atoms with Gasteiger partial charge in [0.25, 0.3) is 0 Å². The predicted molar refractivity (Wildman–Crippen MR) is 86.3 cm³/mol. The topological polar surface area (TPSA) is 73.4 Å². The quantitative estimate of drug-likeness (QED) is 0.776. The number of carbonyl (C=O) groups excluding carboxylic acids is 1. The maximum atomic E-state index is 12.2. The van der Waals surface area contributed by atoms with Gasteiger partial charge in [-0.25, -0.2) is 0 Å². The Balaban J connectivity index is 1.70. The zero-order valence-electron chi connectivity index (χ0n) is 13.3. The van der Waals surface area contributed by atoms with Crippen molar-refractivity contribution in [1.82, 2.24) is 19.7 Å². The highest BCUT2D eigenvalue weighted by molar-refractivity contribution is 7.99. The van der Waals surface area contributed by atoms with E-state index in [4.69, 9.17) is 9.15 Å². The first-order chi connectivity index (χ1) is 11.2. The molecule has 0 unspecified atom stereocenters. The first-order valence-electron chi connectivity index (χ1n) is 7.66. The van der Waals surface area contributed by atoms with E-state index in [0.29, 0.717) is 32.1 Å². The van der Waals surface area contributed by atoms with Crippen molar-refractivity contribution in [3.05, 3.63) is 18.1 Å². The third-order valence-corrected chi connectivity index (χ3v) is 4.77. The highest BCUT2D eigenvalue weighted by Gasteiger charge is 2.20. The Morgan fingerprint density at radius 3 is 2.78 bits per heavy atom. The fourth-order valence-corrected chi connectivity index (χ4v) is 3.43. The van der Waals surface area contributed by atoms with Gasteiger partial charge in [-0.05, 0) is 19.9 Å². The van der Waals surface area contributed by atoms with Crippen molar-refractivity contribution >= 4 is 17.7 Å². The predicted octanol–water partition coefficient (Wildman–Crippen LogP) is 1.82. The van der Waals surface area contributed by atoms with Crippen molar-refractivity contribution in [2.75, 3.05) is 32.1 Å². The van der Waals surface area contributed by atoms with Gasteiger partial charge in [-0.3, -0.25) is 4.79 Å². The van der Waals surface area contributed by atoms with Gasteiger partial charge in [-0.15, -0.1) is 10.2 Å². The van der Waals surface area contributed by atoms with E-state index < -0.39 is 0 Å². The lowest BCUT2D eigenvalue weighted by molar-refractivity contribution is -0.132. The van der Waals surface area contributed by atoms with Crippen LogP contribution in [0, 0.1) is 6.92 Å². The number of hydrogen-bond donors (Lipinski definition) is 0. The van der Waals surface area contributed by atoms with Crippen molar-refractivity contribution in [2.24, 2.45) is 0 Å². The zero-order valence-corrected chi connectivity index (χ0v) is 14.1. The first-order valence-corrected chi connectivity index (χ1v) is 8.65. The summed E-state index contributed by atoms with van der Waals surface area (Å²) in [5.74, 6) is 2.07. The molecule has 0 aromatic carbocycles. The number of thioether (sulfide) groups is 1. The summed E-state index contributed by atoms with van der Waals surface area (Å²) in [6.45, 7) is 7.24. The molecule has 2 aromatic heterocycles. The molecule has 7 nitrogen and oxygen atoms in total. The van der Waals surface area contributed by atoms with Crippen LogP contribution < -0.4 is 0 Å². The van der Waals surface area contributed by atoms with E-state index >= 15 is 0 Å². The third kappa shape index (κ3) is 3.42. The lowest BCUT2D eigenvalue weighted by atomic mass is 10.2. The summed E-state index contributed by atoms with van der Waals surface area (Å²) in [5, 5.41) is 9.26. The minimum Gasteiger partial charge on any atom is -0.469 e. The molecule has 3 heterocycles. The SMILES string of the molecule is CCn1c(SCC(=O)N2CCOCC2)nnc1-c1ccoc1C. The van der Waals surface area contributed by atoms with Crippen molar-refractivity contribution < 1.29 is 13.9 Å². The fraction of sp³-hybridized carbons (Fsp3) is 0.533. The molecule has 1 saturated heterocycles. The Bertz CT molecular complexity index is 676. The lowest BCUT2D eigenvalue weighted by Gasteiger charge is -2.26. The number of hydrogen-bond acceptors (Lipinski definition) is 6. The molecule has 1 fully saturated rings. The second-order valence-corrected chi connectivity index (χ2v) is 6.17. The monoisotopic (exact) mass is 336 g/mol. The van der Waals surface area contributed by atoms with Gasteiger partial charge in [-0.1, -0.05) is 11.8 Å². The minimum atomic E-state index is 0.116. The van der Waals surface area contributed by atoms with Gasteiger partial charge in [0, 0.05) is 19.6 Å². The number of morpholine rings is 1. The van der Waals surface area contributed by atoms with Gasteiger partial charge in [0.05, 0.1) is 30.8 Å². The first kappa shape index (κ1) is 16.1. The van der Waals surface area contributed by atoms with Crippen LogP contribution in [0.25, 0.3) is 11.4 Å². The fourth-order valence-electron chi connectivity index (χ4n) is 2.53. The van der Waals surface area contributed by atoms with Crippen molar-refractivity contribution in [3.8, 4) is 11.4 Å². The molecule has 0 saturated carbocycles. The second kappa shape index (κ2) is 7.18. The van der Waals surface area contributed by atoms with E-state index in [2.05, 4.69) is 10.2 Å². The summed E-state index contributed by atoms with van der Waals surface area (Å²) >= 11 is 1.42. The average Bonchev–Trinajstić information content (AvgIpc) is 3.18. The summed E-state index contributed by atoms with van der Waals surface area (Å²) in [5.41, 5.74) is 0.936. The number of aromatic nitrogens is 3. The van der Waals surface area contributed by atoms with Crippen LogP contribution >= 0.6 is 11.8 Å². The summed E-state index contributed by atoms with van der Waals surface area (Å²) in [6.07, 6.45) is 1.65. The third-order valence-electron chi connectivity index (χ3n) is 3.82. The Morgan fingerprint density at radius 2 is 2.13 bits per heavy atom. The molecule has 0 aliphatic carbocycles. The van der Waals surface area contributed by atoms with Crippen LogP contribution in [0.5, 0.6) is 0 Å². The number of ether oxygens (including phenoxy) is 1. The molecule has 23 heavy (non-hydrogen) atoms. The maximum absolute atomic E-state index is 12.2. The summed E-state index contributed by atoms with van der Waals surface area (Å²) in [7, 11) is 0. The molecular formula is C15H20N4O3S.